The summed E-state index contributed by atoms with van der Waals surface area (Å²) < 4.78 is 40.1. The molecule has 1 aliphatic rings. The summed E-state index contributed by atoms with van der Waals surface area (Å²) in [5.74, 6) is -1.03. The lowest BCUT2D eigenvalue weighted by atomic mass is 9.98. The first-order chi connectivity index (χ1) is 14.3. The smallest absolute Gasteiger partial charge is 0.243 e. The highest BCUT2D eigenvalue weighted by Crippen LogP contribution is 2.24. The van der Waals surface area contributed by atoms with Crippen molar-refractivity contribution in [1.29, 1.82) is 0 Å². The molecule has 0 aromatic heterocycles. The highest BCUT2D eigenvalue weighted by Gasteiger charge is 2.33. The van der Waals surface area contributed by atoms with Gasteiger partial charge in [-0.3, -0.25) is 4.79 Å². The second-order valence-electron chi connectivity index (χ2n) is 7.93. The molecule has 3 rings (SSSR count). The van der Waals surface area contributed by atoms with E-state index in [9.17, 15) is 17.6 Å². The third-order valence-corrected chi connectivity index (χ3v) is 7.07. The van der Waals surface area contributed by atoms with Crippen molar-refractivity contribution in [2.75, 3.05) is 27.2 Å². The minimum absolute atomic E-state index is 0.0442. The van der Waals surface area contributed by atoms with Crippen LogP contribution >= 0.6 is 0 Å². The van der Waals surface area contributed by atoms with Crippen LogP contribution in [-0.2, 0) is 27.9 Å². The molecule has 0 saturated carbocycles. The third-order valence-electron chi connectivity index (χ3n) is 5.19. The fraction of sp³-hybridized carbons (Fsp3) is 0.409. The van der Waals surface area contributed by atoms with Gasteiger partial charge in [-0.2, -0.15) is 4.31 Å². The van der Waals surface area contributed by atoms with Gasteiger partial charge in [0.2, 0.25) is 15.9 Å². The predicted octanol–water partition coefficient (Wildman–Crippen LogP) is 2.60. The maximum Gasteiger partial charge on any atom is 0.243 e. The zero-order valence-corrected chi connectivity index (χ0v) is 18.2. The van der Waals surface area contributed by atoms with Crippen LogP contribution in [-0.4, -0.2) is 50.7 Å². The molecule has 1 saturated heterocycles. The number of hydrogen-bond donors (Lipinski definition) is 1. The van der Waals surface area contributed by atoms with E-state index in [1.54, 1.807) is 0 Å². The minimum atomic E-state index is -3.74. The van der Waals surface area contributed by atoms with Gasteiger partial charge in [-0.1, -0.05) is 24.3 Å². The summed E-state index contributed by atoms with van der Waals surface area (Å²) >= 11 is 0. The molecule has 0 radical (unpaired) electrons. The van der Waals surface area contributed by atoms with E-state index in [4.69, 9.17) is 0 Å². The lowest BCUT2D eigenvalue weighted by Gasteiger charge is -2.31. The molecule has 0 aliphatic carbocycles. The normalized spacial score (nSPS) is 17.8. The zero-order chi connectivity index (χ0) is 21.7. The van der Waals surface area contributed by atoms with E-state index >= 15 is 0 Å². The summed E-state index contributed by atoms with van der Waals surface area (Å²) in [5, 5.41) is 2.93. The molecule has 1 aliphatic heterocycles. The predicted molar refractivity (Wildman–Crippen MR) is 114 cm³/mol. The Kier molecular flexibility index (Phi) is 7.23. The zero-order valence-electron chi connectivity index (χ0n) is 17.3. The van der Waals surface area contributed by atoms with E-state index in [1.165, 1.54) is 22.0 Å². The van der Waals surface area contributed by atoms with Crippen LogP contribution < -0.4 is 5.32 Å². The Bertz CT molecular complexity index is 960. The Morgan fingerprint density at radius 1 is 1.10 bits per heavy atom. The molecule has 30 heavy (non-hydrogen) atoms. The number of carbonyl (C=O) groups excluding carboxylic acids is 1. The van der Waals surface area contributed by atoms with Crippen LogP contribution in [0.25, 0.3) is 0 Å². The molecule has 1 fully saturated rings. The Balaban J connectivity index is 1.58. The summed E-state index contributed by atoms with van der Waals surface area (Å²) in [5.41, 5.74) is 2.20. The van der Waals surface area contributed by atoms with Gasteiger partial charge in [-0.25, -0.2) is 12.8 Å². The highest BCUT2D eigenvalue weighted by molar-refractivity contribution is 7.89. The van der Waals surface area contributed by atoms with Crippen molar-refractivity contribution in [1.82, 2.24) is 14.5 Å². The van der Waals surface area contributed by atoms with Crippen LogP contribution in [0.5, 0.6) is 0 Å². The molecule has 162 valence electrons. The first kappa shape index (κ1) is 22.4. The molecular weight excluding hydrogens is 405 g/mol. The van der Waals surface area contributed by atoms with Crippen LogP contribution in [0.4, 0.5) is 4.39 Å². The number of nitrogens with zero attached hydrogens (tertiary/aromatic N) is 2. The molecule has 2 aromatic carbocycles. The van der Waals surface area contributed by atoms with E-state index < -0.39 is 21.8 Å². The molecule has 8 heteroatoms. The Hall–Kier alpha value is -2.29. The van der Waals surface area contributed by atoms with Crippen LogP contribution in [0, 0.1) is 11.7 Å². The summed E-state index contributed by atoms with van der Waals surface area (Å²) in [4.78, 5) is 14.8. The summed E-state index contributed by atoms with van der Waals surface area (Å²) in [6.07, 6.45) is 1.25. The number of halogens is 1. The van der Waals surface area contributed by atoms with Crippen molar-refractivity contribution < 1.29 is 17.6 Å². The number of carbonyl (C=O) groups is 1. The number of sulfonamides is 1. The SMILES string of the molecule is CN(C)Cc1ccc(CNC(=O)C2CCCN(S(=O)(=O)c3ccc(F)cc3)C2)cc1. The van der Waals surface area contributed by atoms with Gasteiger partial charge in [0.25, 0.3) is 0 Å². The largest absolute Gasteiger partial charge is 0.352 e. The molecule has 6 nitrogen and oxygen atoms in total. The van der Waals surface area contributed by atoms with Gasteiger partial charge in [-0.05, 0) is 62.3 Å². The van der Waals surface area contributed by atoms with Crippen LogP contribution in [0.1, 0.15) is 24.0 Å². The second-order valence-corrected chi connectivity index (χ2v) is 9.87. The quantitative estimate of drug-likeness (QED) is 0.729. The van der Waals surface area contributed by atoms with Gasteiger partial charge < -0.3 is 10.2 Å². The molecule has 0 spiro atoms. The number of rotatable bonds is 7. The second kappa shape index (κ2) is 9.68. The number of hydrogen-bond acceptors (Lipinski definition) is 4. The van der Waals surface area contributed by atoms with Crippen molar-refractivity contribution in [3.8, 4) is 0 Å². The number of benzene rings is 2. The van der Waals surface area contributed by atoms with E-state index in [-0.39, 0.29) is 17.3 Å². The van der Waals surface area contributed by atoms with E-state index in [0.29, 0.717) is 25.9 Å². The van der Waals surface area contributed by atoms with Gasteiger partial charge in [-0.15, -0.1) is 0 Å². The van der Waals surface area contributed by atoms with Gasteiger partial charge in [0, 0.05) is 26.2 Å². The van der Waals surface area contributed by atoms with Crippen LogP contribution in [0.15, 0.2) is 53.4 Å². The topological polar surface area (TPSA) is 69.7 Å². The number of piperidine rings is 1. The summed E-state index contributed by atoms with van der Waals surface area (Å²) in [6, 6.07) is 12.8. The summed E-state index contributed by atoms with van der Waals surface area (Å²) in [6.45, 7) is 1.75. The van der Waals surface area contributed by atoms with E-state index in [1.807, 2.05) is 38.4 Å². The molecule has 0 bridgehead atoms. The molecule has 1 amide bonds. The number of nitrogens with one attached hydrogen (secondary N) is 1. The van der Waals surface area contributed by atoms with Crippen molar-refractivity contribution in [2.24, 2.45) is 5.92 Å². The summed E-state index contributed by atoms with van der Waals surface area (Å²) in [7, 11) is 0.279. The average Bonchev–Trinajstić information content (AvgIpc) is 2.73. The lowest BCUT2D eigenvalue weighted by Crippen LogP contribution is -2.45. The molecule has 1 atom stereocenters. The Labute approximate surface area is 177 Å². The maximum absolute atomic E-state index is 13.1. The maximum atomic E-state index is 13.1. The van der Waals surface area contributed by atoms with Gasteiger partial charge in [0.15, 0.2) is 0 Å². The average molecular weight is 434 g/mol. The standard InChI is InChI=1S/C22H28FN3O3S/c1-25(2)15-18-7-5-17(6-8-18)14-24-22(27)19-4-3-13-26(16-19)30(28,29)21-11-9-20(23)10-12-21/h5-12,19H,3-4,13-16H2,1-2H3,(H,24,27). The monoisotopic (exact) mass is 433 g/mol. The van der Waals surface area contributed by atoms with Crippen LogP contribution in [0.3, 0.4) is 0 Å². The van der Waals surface area contributed by atoms with Gasteiger partial charge in [0.1, 0.15) is 5.82 Å². The van der Waals surface area contributed by atoms with E-state index in [2.05, 4.69) is 10.2 Å². The molecule has 1 unspecified atom stereocenters. The molecule has 1 heterocycles. The first-order valence-corrected chi connectivity index (χ1v) is 11.5. The first-order valence-electron chi connectivity index (χ1n) is 10.0. The molecular formula is C22H28FN3O3S. The Morgan fingerprint density at radius 3 is 2.37 bits per heavy atom. The number of amides is 1. The van der Waals surface area contributed by atoms with Crippen molar-refractivity contribution in [3.63, 3.8) is 0 Å². The van der Waals surface area contributed by atoms with Crippen molar-refractivity contribution >= 4 is 15.9 Å². The van der Waals surface area contributed by atoms with Gasteiger partial charge in [0.05, 0.1) is 10.8 Å². The van der Waals surface area contributed by atoms with Crippen LogP contribution in [0.2, 0.25) is 0 Å². The van der Waals surface area contributed by atoms with Crippen molar-refractivity contribution in [3.05, 3.63) is 65.5 Å². The van der Waals surface area contributed by atoms with Crippen molar-refractivity contribution in [2.45, 2.75) is 30.8 Å². The minimum Gasteiger partial charge on any atom is -0.352 e. The third kappa shape index (κ3) is 5.65. The molecule has 1 N–H and O–H groups in total. The lowest BCUT2D eigenvalue weighted by molar-refractivity contribution is -0.126. The van der Waals surface area contributed by atoms with E-state index in [0.717, 1.165) is 24.2 Å². The fourth-order valence-electron chi connectivity index (χ4n) is 3.59. The molecule has 2 aromatic rings. The Morgan fingerprint density at radius 2 is 1.73 bits per heavy atom. The highest BCUT2D eigenvalue weighted by atomic mass is 32.2. The van der Waals surface area contributed by atoms with Gasteiger partial charge >= 0.3 is 0 Å². The fourth-order valence-corrected chi connectivity index (χ4v) is 5.12.